The summed E-state index contributed by atoms with van der Waals surface area (Å²) in [5.41, 5.74) is 3.62. The quantitative estimate of drug-likeness (QED) is 0.807. The van der Waals surface area contributed by atoms with Gasteiger partial charge in [0.15, 0.2) is 0 Å². The first-order chi connectivity index (χ1) is 13.1. The first-order valence-corrected chi connectivity index (χ1v) is 9.69. The van der Waals surface area contributed by atoms with Gasteiger partial charge in [0.1, 0.15) is 5.82 Å². The molecule has 0 aromatic heterocycles. The van der Waals surface area contributed by atoms with E-state index >= 15 is 0 Å². The van der Waals surface area contributed by atoms with Gasteiger partial charge in [-0.2, -0.15) is 0 Å². The summed E-state index contributed by atoms with van der Waals surface area (Å²) >= 11 is 0. The highest BCUT2D eigenvalue weighted by Gasteiger charge is 2.25. The average molecular weight is 368 g/mol. The first kappa shape index (κ1) is 19.7. The van der Waals surface area contributed by atoms with Gasteiger partial charge >= 0.3 is 0 Å². The standard InChI is InChI=1S/C23H29FN2O/c1-19-4-6-21(7-5-19)17-26-15-14-25(18-23(26)12-16-27)13-2-3-20-8-10-22(24)11-9-20/h2-11,23,27H,12-18H2,1H3. The van der Waals surface area contributed by atoms with Gasteiger partial charge in [-0.3, -0.25) is 9.80 Å². The summed E-state index contributed by atoms with van der Waals surface area (Å²) in [6.07, 6.45) is 4.97. The van der Waals surface area contributed by atoms with Crippen LogP contribution >= 0.6 is 0 Å². The van der Waals surface area contributed by atoms with Gasteiger partial charge in [-0.1, -0.05) is 54.1 Å². The minimum atomic E-state index is -0.205. The Hall–Kier alpha value is -2.01. The van der Waals surface area contributed by atoms with Crippen LogP contribution in [0.25, 0.3) is 6.08 Å². The third-order valence-corrected chi connectivity index (χ3v) is 5.20. The molecule has 3 nitrogen and oxygen atoms in total. The van der Waals surface area contributed by atoms with Crippen molar-refractivity contribution in [1.82, 2.24) is 9.80 Å². The van der Waals surface area contributed by atoms with E-state index in [0.717, 1.165) is 44.7 Å². The van der Waals surface area contributed by atoms with Gasteiger partial charge in [0.2, 0.25) is 0 Å². The number of piperazine rings is 1. The van der Waals surface area contributed by atoms with Gasteiger partial charge in [-0.15, -0.1) is 0 Å². The van der Waals surface area contributed by atoms with E-state index < -0.39 is 0 Å². The lowest BCUT2D eigenvalue weighted by Crippen LogP contribution is -2.52. The lowest BCUT2D eigenvalue weighted by molar-refractivity contribution is 0.0597. The van der Waals surface area contributed by atoms with E-state index in [1.165, 1.54) is 23.3 Å². The molecule has 2 aromatic carbocycles. The van der Waals surface area contributed by atoms with Crippen LogP contribution in [0, 0.1) is 12.7 Å². The molecule has 1 unspecified atom stereocenters. The van der Waals surface area contributed by atoms with E-state index in [1.54, 1.807) is 12.1 Å². The van der Waals surface area contributed by atoms with Crippen LogP contribution in [0.3, 0.4) is 0 Å². The monoisotopic (exact) mass is 368 g/mol. The van der Waals surface area contributed by atoms with E-state index in [0.29, 0.717) is 6.04 Å². The number of aryl methyl sites for hydroxylation is 1. The second-order valence-corrected chi connectivity index (χ2v) is 7.34. The Morgan fingerprint density at radius 1 is 1.07 bits per heavy atom. The molecule has 0 aliphatic carbocycles. The highest BCUT2D eigenvalue weighted by molar-refractivity contribution is 5.48. The third-order valence-electron chi connectivity index (χ3n) is 5.20. The SMILES string of the molecule is Cc1ccc(CN2CCN(CC=Cc3ccc(F)cc3)CC2CCO)cc1. The maximum Gasteiger partial charge on any atom is 0.123 e. The highest BCUT2D eigenvalue weighted by atomic mass is 19.1. The topological polar surface area (TPSA) is 26.7 Å². The fraction of sp³-hybridized carbons (Fsp3) is 0.391. The minimum absolute atomic E-state index is 0.205. The Bertz CT molecular complexity index is 727. The summed E-state index contributed by atoms with van der Waals surface area (Å²) in [6.45, 7) is 7.11. The van der Waals surface area contributed by atoms with Crippen molar-refractivity contribution in [1.29, 1.82) is 0 Å². The van der Waals surface area contributed by atoms with Crippen molar-refractivity contribution >= 4 is 6.08 Å². The van der Waals surface area contributed by atoms with Crippen molar-refractivity contribution in [3.05, 3.63) is 77.1 Å². The largest absolute Gasteiger partial charge is 0.396 e. The molecule has 1 atom stereocenters. The molecule has 3 rings (SSSR count). The van der Waals surface area contributed by atoms with Crippen LogP contribution in [0.15, 0.2) is 54.6 Å². The van der Waals surface area contributed by atoms with Crippen molar-refractivity contribution in [3.63, 3.8) is 0 Å². The normalized spacial score (nSPS) is 19.0. The maximum absolute atomic E-state index is 13.0. The van der Waals surface area contributed by atoms with Gasteiger partial charge in [0.25, 0.3) is 0 Å². The Labute approximate surface area is 161 Å². The molecule has 1 N–H and O–H groups in total. The average Bonchev–Trinajstić information content (AvgIpc) is 2.67. The first-order valence-electron chi connectivity index (χ1n) is 9.69. The Morgan fingerprint density at radius 3 is 2.52 bits per heavy atom. The zero-order valence-corrected chi connectivity index (χ0v) is 16.0. The molecular weight excluding hydrogens is 339 g/mol. The smallest absolute Gasteiger partial charge is 0.123 e. The van der Waals surface area contributed by atoms with Gasteiger partial charge in [-0.25, -0.2) is 4.39 Å². The predicted octanol–water partition coefficient (Wildman–Crippen LogP) is 3.72. The van der Waals surface area contributed by atoms with Crippen molar-refractivity contribution in [2.24, 2.45) is 0 Å². The van der Waals surface area contributed by atoms with E-state index in [2.05, 4.69) is 47.1 Å². The summed E-state index contributed by atoms with van der Waals surface area (Å²) in [5, 5.41) is 9.48. The Balaban J connectivity index is 1.54. The van der Waals surface area contributed by atoms with Crippen molar-refractivity contribution in [2.45, 2.75) is 25.9 Å². The molecule has 1 aliphatic heterocycles. The lowest BCUT2D eigenvalue weighted by Gasteiger charge is -2.41. The van der Waals surface area contributed by atoms with Crippen LogP contribution < -0.4 is 0 Å². The van der Waals surface area contributed by atoms with Crippen LogP contribution in [0.4, 0.5) is 4.39 Å². The number of rotatable bonds is 7. The van der Waals surface area contributed by atoms with Gasteiger partial charge in [-0.05, 0) is 36.6 Å². The Morgan fingerprint density at radius 2 is 1.81 bits per heavy atom. The third kappa shape index (κ3) is 5.99. The summed E-state index contributed by atoms with van der Waals surface area (Å²) in [6, 6.07) is 15.6. The molecule has 0 amide bonds. The number of aliphatic hydroxyl groups excluding tert-OH is 1. The van der Waals surface area contributed by atoms with Crippen LogP contribution in [0.5, 0.6) is 0 Å². The minimum Gasteiger partial charge on any atom is -0.396 e. The van der Waals surface area contributed by atoms with E-state index in [9.17, 15) is 9.50 Å². The molecule has 0 bridgehead atoms. The molecule has 1 aliphatic rings. The summed E-state index contributed by atoms with van der Waals surface area (Å²) in [4.78, 5) is 4.91. The number of benzene rings is 2. The Kier molecular flexibility index (Phi) is 7.16. The summed E-state index contributed by atoms with van der Waals surface area (Å²) < 4.78 is 13.0. The summed E-state index contributed by atoms with van der Waals surface area (Å²) in [5.74, 6) is -0.205. The van der Waals surface area contributed by atoms with E-state index in [1.807, 2.05) is 6.08 Å². The molecule has 0 radical (unpaired) electrons. The predicted molar refractivity (Wildman–Crippen MR) is 109 cm³/mol. The number of hydrogen-bond donors (Lipinski definition) is 1. The molecule has 1 heterocycles. The van der Waals surface area contributed by atoms with Crippen molar-refractivity contribution < 1.29 is 9.50 Å². The molecule has 27 heavy (non-hydrogen) atoms. The molecule has 2 aromatic rings. The molecule has 0 spiro atoms. The second kappa shape index (κ2) is 9.79. The zero-order chi connectivity index (χ0) is 19.1. The lowest BCUT2D eigenvalue weighted by atomic mass is 10.1. The number of aliphatic hydroxyl groups is 1. The molecule has 144 valence electrons. The van der Waals surface area contributed by atoms with Crippen molar-refractivity contribution in [2.75, 3.05) is 32.8 Å². The number of nitrogens with zero attached hydrogens (tertiary/aromatic N) is 2. The summed E-state index contributed by atoms with van der Waals surface area (Å²) in [7, 11) is 0. The van der Waals surface area contributed by atoms with Crippen LogP contribution in [0.2, 0.25) is 0 Å². The second-order valence-electron chi connectivity index (χ2n) is 7.34. The molecular formula is C23H29FN2O. The van der Waals surface area contributed by atoms with Crippen molar-refractivity contribution in [3.8, 4) is 0 Å². The van der Waals surface area contributed by atoms with Gasteiger partial charge in [0, 0.05) is 45.4 Å². The molecule has 1 saturated heterocycles. The number of hydrogen-bond acceptors (Lipinski definition) is 3. The van der Waals surface area contributed by atoms with Gasteiger partial charge < -0.3 is 5.11 Å². The van der Waals surface area contributed by atoms with Gasteiger partial charge in [0.05, 0.1) is 0 Å². The van der Waals surface area contributed by atoms with E-state index in [-0.39, 0.29) is 12.4 Å². The molecule has 1 fully saturated rings. The fourth-order valence-corrected chi connectivity index (χ4v) is 3.59. The number of halogens is 1. The fourth-order valence-electron chi connectivity index (χ4n) is 3.59. The molecule has 0 saturated carbocycles. The van der Waals surface area contributed by atoms with Crippen LogP contribution in [-0.2, 0) is 6.54 Å². The zero-order valence-electron chi connectivity index (χ0n) is 16.0. The van der Waals surface area contributed by atoms with Crippen LogP contribution in [0.1, 0.15) is 23.1 Å². The van der Waals surface area contributed by atoms with Crippen LogP contribution in [-0.4, -0.2) is 53.7 Å². The molecule has 4 heteroatoms. The highest BCUT2D eigenvalue weighted by Crippen LogP contribution is 2.17. The maximum atomic E-state index is 13.0. The van der Waals surface area contributed by atoms with E-state index in [4.69, 9.17) is 0 Å².